The Morgan fingerprint density at radius 3 is 2.45 bits per heavy atom. The molecule has 3 heterocycles. The molecule has 2 amide bonds. The van der Waals surface area contributed by atoms with E-state index in [0.717, 1.165) is 6.20 Å². The van der Waals surface area contributed by atoms with E-state index in [0.29, 0.717) is 43.3 Å². The minimum absolute atomic E-state index is 0.0322. The maximum atomic E-state index is 15.7. The third-order valence-corrected chi connectivity index (χ3v) is 7.95. The van der Waals surface area contributed by atoms with E-state index in [-0.39, 0.29) is 35.9 Å². The number of carbonyl (C=O) groups is 2. The van der Waals surface area contributed by atoms with Crippen LogP contribution in [-0.2, 0) is 0 Å². The molecule has 40 heavy (non-hydrogen) atoms. The van der Waals surface area contributed by atoms with Crippen molar-refractivity contribution in [3.63, 3.8) is 0 Å². The zero-order valence-electron chi connectivity index (χ0n) is 22.9. The van der Waals surface area contributed by atoms with Gasteiger partial charge in [0, 0.05) is 61.1 Å². The Balaban J connectivity index is 1.79. The van der Waals surface area contributed by atoms with Crippen LogP contribution in [0.5, 0.6) is 0 Å². The van der Waals surface area contributed by atoms with Crippen LogP contribution in [0.3, 0.4) is 0 Å². The highest BCUT2D eigenvalue weighted by molar-refractivity contribution is 6.07. The summed E-state index contributed by atoms with van der Waals surface area (Å²) in [7, 11) is 1.99. The number of anilines is 2. The van der Waals surface area contributed by atoms with Crippen molar-refractivity contribution >= 4 is 28.9 Å². The summed E-state index contributed by atoms with van der Waals surface area (Å²) in [5.74, 6) is -1.48. The van der Waals surface area contributed by atoms with Crippen LogP contribution in [0.25, 0.3) is 5.57 Å². The van der Waals surface area contributed by atoms with Gasteiger partial charge < -0.3 is 25.2 Å². The standard InChI is InChI=1S/C28H34F3N5O4/c1-5-18-7-6-17(14-36(18)28(39)40)19-8-23(33-27(38)21-11-32-25(37)9-20(21)26(30)31)24(10-22(19)29)35-12-15(2)34(4)16(3)13-35/h6,8-11,15-16,18,26H,5,7,12-14H2,1-4H3,(H,32,37)(H,33,38)(H,39,40)/t15-,16+,18?. The van der Waals surface area contributed by atoms with E-state index in [1.54, 1.807) is 6.08 Å². The quantitative estimate of drug-likeness (QED) is 0.469. The number of rotatable bonds is 6. The number of likely N-dealkylation sites (N-methyl/N-ethyl adjacent to an activating group) is 1. The van der Waals surface area contributed by atoms with Gasteiger partial charge in [-0.2, -0.15) is 0 Å². The van der Waals surface area contributed by atoms with Crippen molar-refractivity contribution in [1.82, 2.24) is 14.8 Å². The SMILES string of the molecule is CCC1CC=C(c2cc(NC(=O)c3c[nH]c(=O)cc3C(F)F)c(N3C[C@@H](C)N(C)[C@@H](C)C3)cc2F)CN1C(=O)O. The Morgan fingerprint density at radius 1 is 1.18 bits per heavy atom. The summed E-state index contributed by atoms with van der Waals surface area (Å²) in [6, 6.07) is 3.39. The van der Waals surface area contributed by atoms with Gasteiger partial charge in [0.05, 0.1) is 16.9 Å². The van der Waals surface area contributed by atoms with Gasteiger partial charge in [-0.05, 0) is 51.4 Å². The molecule has 1 fully saturated rings. The molecule has 12 heteroatoms. The molecule has 0 saturated carbocycles. The Labute approximate surface area is 230 Å². The lowest BCUT2D eigenvalue weighted by Crippen LogP contribution is -2.55. The Hall–Kier alpha value is -3.80. The summed E-state index contributed by atoms with van der Waals surface area (Å²) in [5, 5.41) is 12.4. The fraction of sp³-hybridized carbons (Fsp3) is 0.464. The first kappa shape index (κ1) is 29.2. The van der Waals surface area contributed by atoms with Gasteiger partial charge in [0.25, 0.3) is 12.3 Å². The molecule has 0 bridgehead atoms. The molecule has 0 radical (unpaired) electrons. The second kappa shape index (κ2) is 11.7. The molecule has 9 nitrogen and oxygen atoms in total. The van der Waals surface area contributed by atoms with E-state index < -0.39 is 40.9 Å². The van der Waals surface area contributed by atoms with Crippen molar-refractivity contribution < 1.29 is 27.9 Å². The molecule has 2 aliphatic rings. The number of hydrogen-bond donors (Lipinski definition) is 3. The zero-order chi connectivity index (χ0) is 29.3. The average Bonchev–Trinajstić information content (AvgIpc) is 2.91. The molecular formula is C28H34F3N5O4. The van der Waals surface area contributed by atoms with Gasteiger partial charge in [-0.15, -0.1) is 0 Å². The van der Waals surface area contributed by atoms with Crippen LogP contribution in [0, 0.1) is 5.82 Å². The lowest BCUT2D eigenvalue weighted by atomic mass is 9.94. The van der Waals surface area contributed by atoms with Gasteiger partial charge in [-0.25, -0.2) is 18.0 Å². The smallest absolute Gasteiger partial charge is 0.407 e. The summed E-state index contributed by atoms with van der Waals surface area (Å²) in [5.41, 5.74) is -0.764. The van der Waals surface area contributed by atoms with Crippen molar-refractivity contribution in [3.05, 3.63) is 63.3 Å². The minimum Gasteiger partial charge on any atom is -0.465 e. The highest BCUT2D eigenvalue weighted by atomic mass is 19.3. The number of alkyl halides is 2. The van der Waals surface area contributed by atoms with Gasteiger partial charge in [0.2, 0.25) is 5.56 Å². The number of amides is 2. The lowest BCUT2D eigenvalue weighted by Gasteiger charge is -2.44. The van der Waals surface area contributed by atoms with E-state index in [2.05, 4.69) is 15.2 Å². The number of carboxylic acid groups (broad SMARTS) is 1. The number of nitrogens with one attached hydrogen (secondary N) is 2. The molecule has 0 aliphatic carbocycles. The molecule has 0 spiro atoms. The number of nitrogens with zero attached hydrogens (tertiary/aromatic N) is 3. The molecule has 2 aromatic rings. The van der Waals surface area contributed by atoms with Gasteiger partial charge in [-0.1, -0.05) is 13.0 Å². The van der Waals surface area contributed by atoms with Crippen LogP contribution in [0.2, 0.25) is 0 Å². The number of hydrogen-bond acceptors (Lipinski definition) is 5. The second-order valence-corrected chi connectivity index (χ2v) is 10.5. The van der Waals surface area contributed by atoms with Gasteiger partial charge >= 0.3 is 6.09 Å². The fourth-order valence-corrected chi connectivity index (χ4v) is 5.41. The zero-order valence-corrected chi connectivity index (χ0v) is 22.9. The van der Waals surface area contributed by atoms with E-state index >= 15 is 4.39 Å². The summed E-state index contributed by atoms with van der Waals surface area (Å²) >= 11 is 0. The highest BCUT2D eigenvalue weighted by Gasteiger charge is 2.31. The van der Waals surface area contributed by atoms with Crippen LogP contribution in [0.15, 0.2) is 35.3 Å². The van der Waals surface area contributed by atoms with Crippen LogP contribution in [0.1, 0.15) is 61.5 Å². The molecule has 3 atom stereocenters. The number of aromatic nitrogens is 1. The maximum absolute atomic E-state index is 15.7. The van der Waals surface area contributed by atoms with Gasteiger partial charge in [0.15, 0.2) is 0 Å². The van der Waals surface area contributed by atoms with Crippen molar-refractivity contribution in [2.24, 2.45) is 0 Å². The number of halogens is 3. The molecule has 1 aromatic carbocycles. The fourth-order valence-electron chi connectivity index (χ4n) is 5.41. The first-order valence-electron chi connectivity index (χ1n) is 13.2. The molecular weight excluding hydrogens is 527 g/mol. The van der Waals surface area contributed by atoms with Gasteiger partial charge in [-0.3, -0.25) is 14.5 Å². The summed E-state index contributed by atoms with van der Waals surface area (Å²) in [6.45, 7) is 6.95. The number of H-pyrrole nitrogens is 1. The number of carbonyl (C=O) groups excluding carboxylic acids is 1. The number of piperazine rings is 1. The average molecular weight is 562 g/mol. The first-order chi connectivity index (χ1) is 18.9. The van der Waals surface area contributed by atoms with Crippen molar-refractivity contribution in [1.29, 1.82) is 0 Å². The molecule has 1 aromatic heterocycles. The van der Waals surface area contributed by atoms with Crippen molar-refractivity contribution in [2.75, 3.05) is 36.9 Å². The predicted molar refractivity (Wildman–Crippen MR) is 147 cm³/mol. The summed E-state index contributed by atoms with van der Waals surface area (Å²) in [4.78, 5) is 44.4. The monoisotopic (exact) mass is 561 g/mol. The van der Waals surface area contributed by atoms with Gasteiger partial charge in [0.1, 0.15) is 5.82 Å². The normalized spacial score (nSPS) is 21.9. The second-order valence-electron chi connectivity index (χ2n) is 10.5. The topological polar surface area (TPSA) is 109 Å². The van der Waals surface area contributed by atoms with E-state index in [1.807, 2.05) is 32.7 Å². The Bertz CT molecular complexity index is 1370. The van der Waals surface area contributed by atoms with Crippen LogP contribution in [0.4, 0.5) is 29.3 Å². The van der Waals surface area contributed by atoms with Crippen LogP contribution < -0.4 is 15.8 Å². The van der Waals surface area contributed by atoms with E-state index in [4.69, 9.17) is 0 Å². The summed E-state index contributed by atoms with van der Waals surface area (Å²) in [6.07, 6.45) is -0.433. The largest absolute Gasteiger partial charge is 0.465 e. The molecule has 2 aliphatic heterocycles. The van der Waals surface area contributed by atoms with E-state index in [1.165, 1.54) is 17.0 Å². The third-order valence-electron chi connectivity index (χ3n) is 7.95. The Morgan fingerprint density at radius 2 is 1.85 bits per heavy atom. The minimum atomic E-state index is -3.06. The predicted octanol–water partition coefficient (Wildman–Crippen LogP) is 4.78. The summed E-state index contributed by atoms with van der Waals surface area (Å²) < 4.78 is 43.1. The third kappa shape index (κ3) is 5.86. The first-order valence-corrected chi connectivity index (χ1v) is 13.2. The highest BCUT2D eigenvalue weighted by Crippen LogP contribution is 2.37. The van der Waals surface area contributed by atoms with E-state index in [9.17, 15) is 28.3 Å². The molecule has 3 N–H and O–H groups in total. The number of benzene rings is 1. The number of aromatic amines is 1. The van der Waals surface area contributed by atoms with Crippen molar-refractivity contribution in [2.45, 2.75) is 58.2 Å². The molecule has 216 valence electrons. The Kier molecular flexibility index (Phi) is 8.57. The van der Waals surface area contributed by atoms with Crippen molar-refractivity contribution in [3.8, 4) is 0 Å². The maximum Gasteiger partial charge on any atom is 0.407 e. The molecule has 4 rings (SSSR count). The van der Waals surface area contributed by atoms with Crippen LogP contribution in [-0.4, -0.2) is 76.7 Å². The number of pyridine rings is 1. The molecule has 1 saturated heterocycles. The lowest BCUT2D eigenvalue weighted by molar-refractivity contribution is 0.101. The van der Waals surface area contributed by atoms with Crippen LogP contribution >= 0.6 is 0 Å². The molecule has 1 unspecified atom stereocenters.